The zero-order valence-corrected chi connectivity index (χ0v) is 15.0. The van der Waals surface area contributed by atoms with Gasteiger partial charge < -0.3 is 14.0 Å². The van der Waals surface area contributed by atoms with Crippen LogP contribution in [0.25, 0.3) is 0 Å². The zero-order chi connectivity index (χ0) is 16.8. The molecule has 1 heterocycles. The Morgan fingerprint density at radius 2 is 1.64 bits per heavy atom. The Labute approximate surface area is 135 Å². The van der Waals surface area contributed by atoms with Crippen LogP contribution >= 0.6 is 0 Å². The second-order valence-electron chi connectivity index (χ2n) is 6.87. The van der Waals surface area contributed by atoms with Crippen LogP contribution in [-0.2, 0) is 18.8 Å². The minimum atomic E-state index is -0.462. The van der Waals surface area contributed by atoms with Crippen LogP contribution in [0.15, 0.2) is 11.5 Å². The molecule has 0 radical (unpaired) electrons. The molecule has 1 saturated heterocycles. The highest BCUT2D eigenvalue weighted by Gasteiger charge is 2.52. The molecular weight excluding hydrogens is 279 g/mol. The minimum absolute atomic E-state index is 0.317. The van der Waals surface area contributed by atoms with E-state index >= 15 is 0 Å². The maximum absolute atomic E-state index is 11.8. The number of rotatable bonds is 8. The van der Waals surface area contributed by atoms with Crippen LogP contribution in [0.1, 0.15) is 73.6 Å². The summed E-state index contributed by atoms with van der Waals surface area (Å²) in [4.78, 5) is 11.8. The van der Waals surface area contributed by atoms with E-state index in [2.05, 4.69) is 6.92 Å². The fraction of sp³-hybridized carbons (Fsp3) is 0.824. The number of ether oxygens (including phenoxy) is 1. The van der Waals surface area contributed by atoms with Gasteiger partial charge in [-0.2, -0.15) is 0 Å². The fourth-order valence-electron chi connectivity index (χ4n) is 2.34. The van der Waals surface area contributed by atoms with Gasteiger partial charge in [0.25, 0.3) is 0 Å². The summed E-state index contributed by atoms with van der Waals surface area (Å²) in [6.07, 6.45) is 6.93. The first-order chi connectivity index (χ1) is 10.2. The van der Waals surface area contributed by atoms with Gasteiger partial charge in [-0.3, -0.25) is 0 Å². The van der Waals surface area contributed by atoms with Crippen LogP contribution < -0.4 is 0 Å². The lowest BCUT2D eigenvalue weighted by molar-refractivity contribution is -0.137. The normalized spacial score (nSPS) is 20.3. The molecule has 0 aromatic heterocycles. The highest BCUT2D eigenvalue weighted by atomic mass is 16.7. The summed E-state index contributed by atoms with van der Waals surface area (Å²) in [6, 6.07) is 0. The molecule has 22 heavy (non-hydrogen) atoms. The summed E-state index contributed by atoms with van der Waals surface area (Å²) in [6.45, 7) is 12.4. The highest BCUT2D eigenvalue weighted by molar-refractivity contribution is 6.55. The van der Waals surface area contributed by atoms with E-state index in [-0.39, 0.29) is 5.97 Å². The monoisotopic (exact) mass is 310 g/mol. The van der Waals surface area contributed by atoms with Crippen LogP contribution in [0.3, 0.4) is 0 Å². The van der Waals surface area contributed by atoms with Crippen molar-refractivity contribution >= 4 is 13.1 Å². The van der Waals surface area contributed by atoms with E-state index in [1.807, 2.05) is 27.7 Å². The molecule has 5 heteroatoms. The average Bonchev–Trinajstić information content (AvgIpc) is 2.62. The van der Waals surface area contributed by atoms with Crippen molar-refractivity contribution in [3.63, 3.8) is 0 Å². The van der Waals surface area contributed by atoms with Crippen molar-refractivity contribution in [2.45, 2.75) is 84.8 Å². The maximum Gasteiger partial charge on any atom is 0.490 e. The Bertz CT molecular complexity index is 385. The van der Waals surface area contributed by atoms with Crippen molar-refractivity contribution in [1.82, 2.24) is 0 Å². The van der Waals surface area contributed by atoms with Crippen LogP contribution in [0.5, 0.6) is 0 Å². The Morgan fingerprint density at radius 3 is 2.14 bits per heavy atom. The van der Waals surface area contributed by atoms with Gasteiger partial charge in [-0.05, 0) is 46.5 Å². The Morgan fingerprint density at radius 1 is 1.05 bits per heavy atom. The maximum atomic E-state index is 11.8. The van der Waals surface area contributed by atoms with Crippen molar-refractivity contribution in [3.8, 4) is 0 Å². The fourth-order valence-corrected chi connectivity index (χ4v) is 2.34. The third-order valence-corrected chi connectivity index (χ3v) is 4.46. The third kappa shape index (κ3) is 5.13. The molecule has 0 aromatic rings. The van der Waals surface area contributed by atoms with Crippen molar-refractivity contribution < 1.29 is 18.8 Å². The molecular formula is C17H31BO4. The molecule has 0 bridgehead atoms. The van der Waals surface area contributed by atoms with Crippen molar-refractivity contribution in [2.24, 2.45) is 0 Å². The lowest BCUT2D eigenvalue weighted by Gasteiger charge is -2.32. The number of esters is 1. The number of unbranched alkanes of at least 4 members (excludes halogenated alkanes) is 3. The van der Waals surface area contributed by atoms with E-state index in [9.17, 15) is 4.79 Å². The summed E-state index contributed by atoms with van der Waals surface area (Å²) in [5, 5.41) is 0. The molecule has 1 fully saturated rings. The van der Waals surface area contributed by atoms with Gasteiger partial charge in [0.15, 0.2) is 0 Å². The second kappa shape index (κ2) is 8.16. The lowest BCUT2D eigenvalue weighted by Crippen LogP contribution is -2.41. The van der Waals surface area contributed by atoms with E-state index in [1.165, 1.54) is 12.8 Å². The Hall–Kier alpha value is -0.805. The summed E-state index contributed by atoms with van der Waals surface area (Å²) in [7, 11) is -0.462. The molecule has 0 N–H and O–H groups in total. The lowest BCUT2D eigenvalue weighted by atomic mass is 9.75. The molecule has 1 aliphatic rings. The van der Waals surface area contributed by atoms with E-state index in [0.717, 1.165) is 24.7 Å². The third-order valence-electron chi connectivity index (χ3n) is 4.46. The molecule has 1 aliphatic heterocycles. The SMILES string of the molecule is CCCCCC/C(=C/C(=O)OCC)B1OC(C)(C)C(C)(C)O1. The van der Waals surface area contributed by atoms with E-state index in [0.29, 0.717) is 6.61 Å². The van der Waals surface area contributed by atoms with Gasteiger partial charge in [-0.1, -0.05) is 32.6 Å². The Kier molecular flexibility index (Phi) is 7.14. The molecule has 1 rings (SSSR count). The van der Waals surface area contributed by atoms with Gasteiger partial charge >= 0.3 is 13.1 Å². The van der Waals surface area contributed by atoms with Crippen molar-refractivity contribution in [1.29, 1.82) is 0 Å². The topological polar surface area (TPSA) is 44.8 Å². The minimum Gasteiger partial charge on any atom is -0.463 e. The molecule has 0 aromatic carbocycles. The van der Waals surface area contributed by atoms with Gasteiger partial charge in [-0.15, -0.1) is 0 Å². The van der Waals surface area contributed by atoms with Crippen molar-refractivity contribution in [3.05, 3.63) is 11.5 Å². The van der Waals surface area contributed by atoms with Gasteiger partial charge in [0.05, 0.1) is 17.8 Å². The number of carbonyl (C=O) groups is 1. The van der Waals surface area contributed by atoms with E-state index in [4.69, 9.17) is 14.0 Å². The van der Waals surface area contributed by atoms with Crippen LogP contribution in [0, 0.1) is 0 Å². The highest BCUT2D eigenvalue weighted by Crippen LogP contribution is 2.39. The molecule has 0 saturated carbocycles. The molecule has 0 amide bonds. The number of allylic oxidation sites excluding steroid dienone is 1. The molecule has 0 spiro atoms. The largest absolute Gasteiger partial charge is 0.490 e. The van der Waals surface area contributed by atoms with Gasteiger partial charge in [0.2, 0.25) is 0 Å². The number of carbonyl (C=O) groups excluding carboxylic acids is 1. The predicted molar refractivity (Wildman–Crippen MR) is 89.6 cm³/mol. The Balaban J connectivity index is 2.80. The van der Waals surface area contributed by atoms with Crippen LogP contribution in [0.2, 0.25) is 0 Å². The van der Waals surface area contributed by atoms with Gasteiger partial charge in [0.1, 0.15) is 0 Å². The zero-order valence-electron chi connectivity index (χ0n) is 15.0. The van der Waals surface area contributed by atoms with Gasteiger partial charge in [-0.25, -0.2) is 4.79 Å². The summed E-state index contributed by atoms with van der Waals surface area (Å²) in [5.74, 6) is -0.317. The summed E-state index contributed by atoms with van der Waals surface area (Å²) < 4.78 is 17.2. The van der Waals surface area contributed by atoms with E-state index < -0.39 is 18.3 Å². The molecule has 0 aliphatic carbocycles. The number of hydrogen-bond acceptors (Lipinski definition) is 4. The smallest absolute Gasteiger partial charge is 0.463 e. The molecule has 126 valence electrons. The first-order valence-corrected chi connectivity index (χ1v) is 8.46. The summed E-state index contributed by atoms with van der Waals surface area (Å²) >= 11 is 0. The van der Waals surface area contributed by atoms with Crippen LogP contribution in [0.4, 0.5) is 0 Å². The number of hydrogen-bond donors (Lipinski definition) is 0. The standard InChI is InChI=1S/C17H31BO4/c1-7-9-10-11-12-14(13-15(19)20-8-2)18-21-16(3,4)17(5,6)22-18/h13H,7-12H2,1-6H3/b14-13-. The first kappa shape index (κ1) is 19.2. The molecule has 0 unspecified atom stereocenters. The van der Waals surface area contributed by atoms with Crippen molar-refractivity contribution in [2.75, 3.05) is 6.61 Å². The predicted octanol–water partition coefficient (Wildman–Crippen LogP) is 4.08. The molecule has 4 nitrogen and oxygen atoms in total. The second-order valence-corrected chi connectivity index (χ2v) is 6.87. The van der Waals surface area contributed by atoms with E-state index in [1.54, 1.807) is 13.0 Å². The van der Waals surface area contributed by atoms with Gasteiger partial charge in [0, 0.05) is 6.08 Å². The quantitative estimate of drug-likeness (QED) is 0.293. The average molecular weight is 310 g/mol. The van der Waals surface area contributed by atoms with Crippen LogP contribution in [-0.4, -0.2) is 30.9 Å². The summed E-state index contributed by atoms with van der Waals surface area (Å²) in [5.41, 5.74) is 0.0946. The molecule has 0 atom stereocenters. The first-order valence-electron chi connectivity index (χ1n) is 8.46.